The normalized spacial score (nSPS) is 20.5. The summed E-state index contributed by atoms with van der Waals surface area (Å²) in [5.41, 5.74) is 3.05. The second-order valence-corrected chi connectivity index (χ2v) is 8.09. The molecule has 0 spiro atoms. The molecule has 2 aromatic rings. The fourth-order valence-corrected chi connectivity index (χ4v) is 4.53. The zero-order valence-corrected chi connectivity index (χ0v) is 16.5. The van der Waals surface area contributed by atoms with Crippen LogP contribution in [0.3, 0.4) is 0 Å². The number of carbonyl (C=O) groups is 2. The number of amides is 2. The first kappa shape index (κ1) is 18.5. The average Bonchev–Trinajstić information content (AvgIpc) is 2.67. The van der Waals surface area contributed by atoms with Crippen LogP contribution in [0.15, 0.2) is 41.2 Å². The molecule has 1 aromatic heterocycles. The predicted octanol–water partition coefficient (Wildman–Crippen LogP) is 2.18. The zero-order chi connectivity index (χ0) is 20.0. The van der Waals surface area contributed by atoms with Gasteiger partial charge in [0.25, 0.3) is 11.5 Å². The number of hydrogen-bond acceptors (Lipinski definition) is 3. The van der Waals surface area contributed by atoms with Crippen molar-refractivity contribution < 1.29 is 9.59 Å². The maximum absolute atomic E-state index is 12.9. The summed E-state index contributed by atoms with van der Waals surface area (Å²) in [5, 5.41) is 0. The topological polar surface area (TPSA) is 62.6 Å². The molecule has 2 bridgehead atoms. The number of likely N-dealkylation sites (tertiary alicyclic amines) is 1. The molecule has 0 radical (unpaired) electrons. The van der Waals surface area contributed by atoms with Crippen LogP contribution in [0.1, 0.15) is 35.3 Å². The van der Waals surface area contributed by atoms with Gasteiger partial charge in [-0.1, -0.05) is 18.2 Å². The average molecular weight is 379 g/mol. The highest BCUT2D eigenvalue weighted by Crippen LogP contribution is 2.37. The third-order valence-electron chi connectivity index (χ3n) is 5.88. The Hall–Kier alpha value is -2.89. The first-order valence-electron chi connectivity index (χ1n) is 9.66. The van der Waals surface area contributed by atoms with Gasteiger partial charge in [-0.15, -0.1) is 0 Å². The van der Waals surface area contributed by atoms with Crippen molar-refractivity contribution in [1.29, 1.82) is 0 Å². The highest BCUT2D eigenvalue weighted by Gasteiger charge is 2.35. The van der Waals surface area contributed by atoms with Crippen molar-refractivity contribution >= 4 is 11.8 Å². The van der Waals surface area contributed by atoms with Gasteiger partial charge in [-0.05, 0) is 35.6 Å². The van der Waals surface area contributed by atoms with Crippen LogP contribution in [0.25, 0.3) is 11.1 Å². The molecule has 2 aliphatic rings. The highest BCUT2D eigenvalue weighted by molar-refractivity contribution is 6.00. The number of benzene rings is 1. The molecule has 146 valence electrons. The largest absolute Gasteiger partial charge is 0.345 e. The molecule has 1 aromatic carbocycles. The van der Waals surface area contributed by atoms with Crippen molar-refractivity contribution in [1.82, 2.24) is 14.4 Å². The number of piperidine rings is 1. The number of nitrogens with zero attached hydrogens (tertiary/aromatic N) is 3. The number of aromatic nitrogens is 1. The molecular weight excluding hydrogens is 354 g/mol. The van der Waals surface area contributed by atoms with Crippen molar-refractivity contribution in [3.8, 4) is 11.1 Å². The number of carbonyl (C=O) groups excluding carboxylic acids is 2. The van der Waals surface area contributed by atoms with Gasteiger partial charge >= 0.3 is 0 Å². The number of rotatable bonds is 2. The van der Waals surface area contributed by atoms with Crippen LogP contribution in [-0.2, 0) is 11.3 Å². The highest BCUT2D eigenvalue weighted by atomic mass is 16.2. The van der Waals surface area contributed by atoms with Crippen LogP contribution in [0, 0.1) is 5.92 Å². The van der Waals surface area contributed by atoms with E-state index in [-0.39, 0.29) is 23.3 Å². The summed E-state index contributed by atoms with van der Waals surface area (Å²) in [5.74, 6) is 0.472. The summed E-state index contributed by atoms with van der Waals surface area (Å²) in [6, 6.07) is 11.1. The van der Waals surface area contributed by atoms with E-state index in [9.17, 15) is 14.4 Å². The lowest BCUT2D eigenvalue weighted by Crippen LogP contribution is -2.48. The van der Waals surface area contributed by atoms with Crippen LogP contribution < -0.4 is 5.56 Å². The van der Waals surface area contributed by atoms with Gasteiger partial charge in [0, 0.05) is 63.9 Å². The van der Waals surface area contributed by atoms with E-state index in [1.807, 2.05) is 33.7 Å². The van der Waals surface area contributed by atoms with E-state index in [2.05, 4.69) is 0 Å². The lowest BCUT2D eigenvalue weighted by molar-refractivity contribution is -0.131. The molecule has 0 N–H and O–H groups in total. The first-order chi connectivity index (χ1) is 13.3. The summed E-state index contributed by atoms with van der Waals surface area (Å²) in [6.45, 7) is 3.62. The zero-order valence-electron chi connectivity index (χ0n) is 16.5. The van der Waals surface area contributed by atoms with Crippen molar-refractivity contribution in [2.24, 2.45) is 5.92 Å². The molecule has 1 saturated heterocycles. The number of pyridine rings is 1. The minimum Gasteiger partial charge on any atom is -0.345 e. The first-order valence-corrected chi connectivity index (χ1v) is 9.66. The lowest BCUT2D eigenvalue weighted by atomic mass is 9.82. The minimum atomic E-state index is -0.0890. The number of fused-ring (bicyclic) bond motifs is 4. The molecule has 4 rings (SSSR count). The van der Waals surface area contributed by atoms with E-state index in [4.69, 9.17) is 0 Å². The summed E-state index contributed by atoms with van der Waals surface area (Å²) in [4.78, 5) is 40.8. The van der Waals surface area contributed by atoms with Gasteiger partial charge in [0.15, 0.2) is 0 Å². The van der Waals surface area contributed by atoms with E-state index in [1.165, 1.54) is 0 Å². The maximum atomic E-state index is 12.9. The smallest absolute Gasteiger partial charge is 0.253 e. The standard InChI is InChI=1S/C22H25N3O3/c1-14(26)24-11-15-8-17(13-24)20-9-16(10-21(27)25(20)12-15)18-6-4-5-7-19(18)22(28)23(2)3/h4-7,9-10,15,17H,8,11-13H2,1-3H3/t15-,17+/m0/s1. The predicted molar refractivity (Wildman–Crippen MR) is 107 cm³/mol. The van der Waals surface area contributed by atoms with Gasteiger partial charge in [0.1, 0.15) is 0 Å². The fourth-order valence-electron chi connectivity index (χ4n) is 4.53. The van der Waals surface area contributed by atoms with Gasteiger partial charge in [-0.2, -0.15) is 0 Å². The van der Waals surface area contributed by atoms with E-state index in [1.54, 1.807) is 38.1 Å². The molecule has 0 aliphatic carbocycles. The SMILES string of the molecule is CC(=O)N1C[C@@H]2C[C@H](C1)c1cc(-c3ccccc3C(=O)N(C)C)cc(=O)n1C2. The molecule has 1 fully saturated rings. The third-order valence-corrected chi connectivity index (χ3v) is 5.88. The van der Waals surface area contributed by atoms with Crippen LogP contribution in [0.5, 0.6) is 0 Å². The number of hydrogen-bond donors (Lipinski definition) is 0. The quantitative estimate of drug-likeness (QED) is 0.804. The van der Waals surface area contributed by atoms with Gasteiger partial charge < -0.3 is 14.4 Å². The Balaban J connectivity index is 1.81. The summed E-state index contributed by atoms with van der Waals surface area (Å²) >= 11 is 0. The van der Waals surface area contributed by atoms with Crippen molar-refractivity contribution in [3.63, 3.8) is 0 Å². The third kappa shape index (κ3) is 3.13. The van der Waals surface area contributed by atoms with Crippen LogP contribution in [0.2, 0.25) is 0 Å². The molecule has 0 saturated carbocycles. The van der Waals surface area contributed by atoms with E-state index in [0.717, 1.165) is 29.8 Å². The van der Waals surface area contributed by atoms with Gasteiger partial charge in [0.2, 0.25) is 5.91 Å². The monoisotopic (exact) mass is 379 g/mol. The molecule has 2 amide bonds. The van der Waals surface area contributed by atoms with E-state index < -0.39 is 0 Å². The summed E-state index contributed by atoms with van der Waals surface area (Å²) < 4.78 is 1.86. The van der Waals surface area contributed by atoms with Crippen molar-refractivity contribution in [2.75, 3.05) is 27.2 Å². The van der Waals surface area contributed by atoms with E-state index in [0.29, 0.717) is 24.6 Å². The van der Waals surface area contributed by atoms with Crippen molar-refractivity contribution in [3.05, 3.63) is 58.0 Å². The Kier molecular flexibility index (Phi) is 4.57. The Morgan fingerprint density at radius 2 is 1.82 bits per heavy atom. The van der Waals surface area contributed by atoms with Gasteiger partial charge in [0.05, 0.1) is 0 Å². The van der Waals surface area contributed by atoms with Gasteiger partial charge in [-0.25, -0.2) is 0 Å². The lowest BCUT2D eigenvalue weighted by Gasteiger charge is -2.42. The molecule has 2 aliphatic heterocycles. The Labute approximate surface area is 164 Å². The van der Waals surface area contributed by atoms with Crippen molar-refractivity contribution in [2.45, 2.75) is 25.8 Å². The molecule has 28 heavy (non-hydrogen) atoms. The van der Waals surface area contributed by atoms with Crippen LogP contribution in [0.4, 0.5) is 0 Å². The second kappa shape index (κ2) is 6.93. The second-order valence-electron chi connectivity index (χ2n) is 8.09. The summed E-state index contributed by atoms with van der Waals surface area (Å²) in [7, 11) is 3.44. The molecule has 3 heterocycles. The molecule has 0 unspecified atom stereocenters. The maximum Gasteiger partial charge on any atom is 0.253 e. The van der Waals surface area contributed by atoms with Crippen LogP contribution in [-0.4, -0.2) is 53.4 Å². The minimum absolute atomic E-state index is 0.0365. The Morgan fingerprint density at radius 1 is 1.07 bits per heavy atom. The Bertz CT molecular complexity index is 1010. The molecule has 2 atom stereocenters. The molecule has 6 heteroatoms. The molecule has 6 nitrogen and oxygen atoms in total. The molecular formula is C22H25N3O3. The van der Waals surface area contributed by atoms with E-state index >= 15 is 0 Å². The van der Waals surface area contributed by atoms with Gasteiger partial charge in [-0.3, -0.25) is 14.4 Å². The van der Waals surface area contributed by atoms with Crippen LogP contribution >= 0.6 is 0 Å². The fraction of sp³-hybridized carbons (Fsp3) is 0.409. The Morgan fingerprint density at radius 3 is 2.54 bits per heavy atom. The summed E-state index contributed by atoms with van der Waals surface area (Å²) in [6.07, 6.45) is 0.991.